The Balaban J connectivity index is 1.47. The molecule has 256 valence electrons. The number of rotatable bonds is 11. The van der Waals surface area contributed by atoms with Crippen molar-refractivity contribution in [3.8, 4) is 22.7 Å². The van der Waals surface area contributed by atoms with Gasteiger partial charge in [-0.2, -0.15) is 5.10 Å². The first-order valence-electron chi connectivity index (χ1n) is 16.4. The van der Waals surface area contributed by atoms with Crippen LogP contribution >= 0.6 is 11.3 Å². The van der Waals surface area contributed by atoms with Gasteiger partial charge in [0.1, 0.15) is 11.4 Å². The summed E-state index contributed by atoms with van der Waals surface area (Å²) in [5.74, 6) is 0.276. The van der Waals surface area contributed by atoms with E-state index in [4.69, 9.17) is 24.3 Å². The summed E-state index contributed by atoms with van der Waals surface area (Å²) in [6, 6.07) is 23.4. The summed E-state index contributed by atoms with van der Waals surface area (Å²) in [5, 5.41) is 4.94. The molecule has 11 heteroatoms. The van der Waals surface area contributed by atoms with E-state index in [2.05, 4.69) is 13.8 Å². The van der Waals surface area contributed by atoms with Crippen molar-refractivity contribution in [2.45, 2.75) is 40.2 Å². The maximum atomic E-state index is 14.4. The van der Waals surface area contributed by atoms with Crippen molar-refractivity contribution in [1.82, 2.24) is 14.3 Å². The number of carbonyl (C=O) groups is 2. The van der Waals surface area contributed by atoms with Crippen LogP contribution < -0.4 is 19.6 Å². The van der Waals surface area contributed by atoms with Crippen molar-refractivity contribution in [1.29, 1.82) is 0 Å². The van der Waals surface area contributed by atoms with E-state index in [0.717, 1.165) is 29.0 Å². The van der Waals surface area contributed by atoms with Crippen molar-refractivity contribution in [2.75, 3.05) is 20.3 Å². The minimum atomic E-state index is -0.825. The lowest BCUT2D eigenvalue weighted by Gasteiger charge is -2.24. The number of esters is 2. The highest BCUT2D eigenvalue weighted by Crippen LogP contribution is 2.31. The Labute approximate surface area is 293 Å². The Hall–Kier alpha value is -5.55. The number of hydrogen-bond donors (Lipinski definition) is 0. The molecule has 0 aliphatic carbocycles. The number of nitrogens with zero attached hydrogens (tertiary/aromatic N) is 4. The molecule has 0 bridgehead atoms. The highest BCUT2D eigenvalue weighted by atomic mass is 32.1. The van der Waals surface area contributed by atoms with E-state index in [-0.39, 0.29) is 17.7 Å². The summed E-state index contributed by atoms with van der Waals surface area (Å²) in [4.78, 5) is 45.0. The first-order chi connectivity index (χ1) is 24.2. The van der Waals surface area contributed by atoms with Gasteiger partial charge in [-0.1, -0.05) is 55.5 Å². The van der Waals surface area contributed by atoms with Crippen LogP contribution in [0.2, 0.25) is 0 Å². The van der Waals surface area contributed by atoms with Crippen LogP contribution in [0.4, 0.5) is 0 Å². The van der Waals surface area contributed by atoms with Gasteiger partial charge in [-0.15, -0.1) is 0 Å². The normalized spacial score (nSPS) is 14.4. The number of benzene rings is 3. The standard InChI is InChI=1S/C39H38N4O6S/c1-6-48-38(46)33-25(4)40-39-43(35(33)27-12-14-28(15-13-27)37(45)47-5)36(44)32(50-39)22-29-23-42(30-10-8-7-9-11-30)41-34(29)26-16-18-31(19-17-26)49-21-20-24(2)3/h7-19,22-24,35H,6,20-21H2,1-5H3/b32-22-/t35-/m1/s1. The molecule has 0 N–H and O–H groups in total. The number of carbonyl (C=O) groups excluding carboxylic acids is 2. The molecular formula is C39H38N4O6S. The van der Waals surface area contributed by atoms with E-state index < -0.39 is 18.0 Å². The number of allylic oxidation sites excluding steroid dienone is 1. The number of aromatic nitrogens is 3. The van der Waals surface area contributed by atoms with Crippen LogP contribution in [0.15, 0.2) is 106 Å². The molecule has 5 aromatic rings. The van der Waals surface area contributed by atoms with Crippen LogP contribution in [-0.2, 0) is 14.3 Å². The monoisotopic (exact) mass is 690 g/mol. The summed E-state index contributed by atoms with van der Waals surface area (Å²) in [7, 11) is 1.31. The van der Waals surface area contributed by atoms with Gasteiger partial charge >= 0.3 is 11.9 Å². The van der Waals surface area contributed by atoms with Gasteiger partial charge in [-0.25, -0.2) is 19.3 Å². The highest BCUT2D eigenvalue weighted by Gasteiger charge is 2.33. The van der Waals surface area contributed by atoms with Crippen LogP contribution in [0, 0.1) is 5.92 Å². The molecule has 3 heterocycles. The Bertz CT molecular complexity index is 2230. The lowest BCUT2D eigenvalue weighted by atomic mass is 9.95. The fourth-order valence-electron chi connectivity index (χ4n) is 5.72. The summed E-state index contributed by atoms with van der Waals surface area (Å²) in [6.45, 7) is 8.59. The lowest BCUT2D eigenvalue weighted by Crippen LogP contribution is -2.40. The molecule has 0 radical (unpaired) electrons. The number of hydrogen-bond acceptors (Lipinski definition) is 9. The van der Waals surface area contributed by atoms with Gasteiger partial charge in [-0.05, 0) is 86.4 Å². The molecule has 0 fully saturated rings. The van der Waals surface area contributed by atoms with Gasteiger partial charge in [0.15, 0.2) is 4.80 Å². The smallest absolute Gasteiger partial charge is 0.338 e. The molecule has 0 unspecified atom stereocenters. The Morgan fingerprint density at radius 1 is 0.980 bits per heavy atom. The van der Waals surface area contributed by atoms with Gasteiger partial charge in [0, 0.05) is 17.3 Å². The lowest BCUT2D eigenvalue weighted by molar-refractivity contribution is -0.139. The topological polar surface area (TPSA) is 114 Å². The third-order valence-electron chi connectivity index (χ3n) is 8.31. The molecule has 1 aliphatic rings. The zero-order valence-corrected chi connectivity index (χ0v) is 29.4. The zero-order chi connectivity index (χ0) is 35.4. The third kappa shape index (κ3) is 7.09. The zero-order valence-electron chi connectivity index (χ0n) is 28.6. The molecule has 3 aromatic carbocycles. The van der Waals surface area contributed by atoms with Crippen molar-refractivity contribution in [3.63, 3.8) is 0 Å². The first-order valence-corrected chi connectivity index (χ1v) is 17.3. The van der Waals surface area contributed by atoms with E-state index in [1.807, 2.05) is 66.9 Å². The van der Waals surface area contributed by atoms with Gasteiger partial charge in [0.2, 0.25) is 0 Å². The van der Waals surface area contributed by atoms with Crippen LogP contribution in [0.5, 0.6) is 5.75 Å². The number of para-hydroxylation sites is 1. The van der Waals surface area contributed by atoms with Gasteiger partial charge in [0.25, 0.3) is 5.56 Å². The molecule has 50 heavy (non-hydrogen) atoms. The second kappa shape index (κ2) is 14.9. The molecule has 6 rings (SSSR count). The summed E-state index contributed by atoms with van der Waals surface area (Å²) in [6.07, 6.45) is 4.68. The van der Waals surface area contributed by atoms with E-state index in [1.165, 1.54) is 23.0 Å². The first kappa shape index (κ1) is 34.3. The van der Waals surface area contributed by atoms with E-state index in [9.17, 15) is 14.4 Å². The maximum absolute atomic E-state index is 14.4. The SMILES string of the molecule is CCOC(=O)C1=C(C)N=c2s/c(=C\c3cn(-c4ccccc4)nc3-c3ccc(OCCC(C)C)cc3)c(=O)n2[C@@H]1c1ccc(C(=O)OC)cc1. The molecule has 0 saturated heterocycles. The molecule has 10 nitrogen and oxygen atoms in total. The number of methoxy groups -OCH3 is 1. The van der Waals surface area contributed by atoms with Crippen LogP contribution in [0.25, 0.3) is 23.0 Å². The van der Waals surface area contributed by atoms with Gasteiger partial charge in [0.05, 0.1) is 53.4 Å². The minimum Gasteiger partial charge on any atom is -0.494 e. The molecule has 0 amide bonds. The Morgan fingerprint density at radius 3 is 2.36 bits per heavy atom. The average molecular weight is 691 g/mol. The summed E-state index contributed by atoms with van der Waals surface area (Å²) < 4.78 is 20.0. The van der Waals surface area contributed by atoms with Crippen LogP contribution in [-0.4, -0.2) is 46.6 Å². The molecule has 0 spiro atoms. The molecular weight excluding hydrogens is 653 g/mol. The highest BCUT2D eigenvalue weighted by molar-refractivity contribution is 7.07. The molecule has 1 aliphatic heterocycles. The minimum absolute atomic E-state index is 0.160. The molecule has 1 atom stereocenters. The van der Waals surface area contributed by atoms with E-state index in [1.54, 1.807) is 42.8 Å². The number of ether oxygens (including phenoxy) is 3. The predicted octanol–water partition coefficient (Wildman–Crippen LogP) is 5.86. The van der Waals surface area contributed by atoms with Crippen molar-refractivity contribution in [3.05, 3.63) is 133 Å². The van der Waals surface area contributed by atoms with Crippen molar-refractivity contribution in [2.24, 2.45) is 10.9 Å². The van der Waals surface area contributed by atoms with Gasteiger partial charge < -0.3 is 14.2 Å². The number of fused-ring (bicyclic) bond motifs is 1. The number of thiazole rings is 1. The predicted molar refractivity (Wildman–Crippen MR) is 192 cm³/mol. The van der Waals surface area contributed by atoms with Crippen LogP contribution in [0.3, 0.4) is 0 Å². The second-order valence-corrected chi connectivity index (χ2v) is 13.2. The van der Waals surface area contributed by atoms with Crippen LogP contribution in [0.1, 0.15) is 61.6 Å². The van der Waals surface area contributed by atoms with Crippen molar-refractivity contribution < 1.29 is 23.8 Å². The average Bonchev–Trinajstić information content (AvgIpc) is 3.68. The van der Waals surface area contributed by atoms with Gasteiger partial charge in [-0.3, -0.25) is 9.36 Å². The maximum Gasteiger partial charge on any atom is 0.338 e. The Kier molecular flexibility index (Phi) is 10.2. The van der Waals surface area contributed by atoms with Crippen molar-refractivity contribution >= 4 is 29.4 Å². The summed E-state index contributed by atoms with van der Waals surface area (Å²) >= 11 is 1.23. The largest absolute Gasteiger partial charge is 0.494 e. The molecule has 0 saturated carbocycles. The Morgan fingerprint density at radius 2 is 1.70 bits per heavy atom. The quantitative estimate of drug-likeness (QED) is 0.160. The second-order valence-electron chi connectivity index (χ2n) is 12.2. The fraction of sp³-hybridized carbons (Fsp3) is 0.256. The molecule has 2 aromatic heterocycles. The fourth-order valence-corrected chi connectivity index (χ4v) is 6.76. The van der Waals surface area contributed by atoms with E-state index in [0.29, 0.717) is 44.4 Å². The third-order valence-corrected chi connectivity index (χ3v) is 9.29. The van der Waals surface area contributed by atoms with E-state index >= 15 is 0 Å². The summed E-state index contributed by atoms with van der Waals surface area (Å²) in [5.41, 5.74) is 4.50.